The molecule has 0 spiro atoms. The Morgan fingerprint density at radius 3 is 3.24 bits per heavy atom. The molecule has 0 bridgehead atoms. The lowest BCUT2D eigenvalue weighted by molar-refractivity contribution is 0.0375. The number of nitrogens with one attached hydrogen (secondary N) is 1. The molecule has 1 aromatic rings. The molecule has 0 amide bonds. The van der Waals surface area contributed by atoms with Crippen LogP contribution in [0.1, 0.15) is 6.92 Å². The fourth-order valence-electron chi connectivity index (χ4n) is 1.78. The number of aromatic amines is 1. The Morgan fingerprint density at radius 1 is 1.76 bits per heavy atom. The molecule has 5 nitrogen and oxygen atoms in total. The third-order valence-electron chi connectivity index (χ3n) is 2.73. The van der Waals surface area contributed by atoms with Crippen LogP contribution in [0.2, 0.25) is 0 Å². The second kappa shape index (κ2) is 5.66. The first-order valence-corrected chi connectivity index (χ1v) is 7.51. The highest BCUT2D eigenvalue weighted by Crippen LogP contribution is 2.22. The van der Waals surface area contributed by atoms with Gasteiger partial charge in [0.15, 0.2) is 0 Å². The predicted molar refractivity (Wildman–Crippen MR) is 77.9 cm³/mol. The number of hydrogen-bond donors (Lipinski definition) is 1. The normalized spacial score (nSPS) is 25.0. The minimum Gasteiger partial charge on any atom is -0.373 e. The zero-order valence-electron chi connectivity index (χ0n) is 9.32. The second-order valence-corrected chi connectivity index (χ2v) is 5.71. The number of hydrogen-bond acceptors (Lipinski definition) is 4. The van der Waals surface area contributed by atoms with Crippen LogP contribution in [0.4, 0.5) is 5.82 Å². The van der Waals surface area contributed by atoms with Crippen molar-refractivity contribution < 1.29 is 4.74 Å². The monoisotopic (exact) mass is 413 g/mol. The molecule has 2 unspecified atom stereocenters. The van der Waals surface area contributed by atoms with Gasteiger partial charge in [-0.2, -0.15) is 0 Å². The summed E-state index contributed by atoms with van der Waals surface area (Å²) in [6.45, 7) is 3.48. The number of H-pyrrole nitrogens is 1. The first kappa shape index (κ1) is 13.3. The Balaban J connectivity index is 2.31. The highest BCUT2D eigenvalue weighted by Gasteiger charge is 2.28. The van der Waals surface area contributed by atoms with Crippen LogP contribution >= 0.6 is 38.5 Å². The Bertz CT molecular complexity index is 453. The predicted octanol–water partition coefficient (Wildman–Crippen LogP) is 1.36. The van der Waals surface area contributed by atoms with Gasteiger partial charge in [-0.15, -0.1) is 0 Å². The molecule has 0 aliphatic carbocycles. The first-order valence-electron chi connectivity index (χ1n) is 5.31. The first-order chi connectivity index (χ1) is 8.13. The van der Waals surface area contributed by atoms with Gasteiger partial charge in [-0.25, -0.2) is 4.98 Å². The number of ether oxygens (including phenoxy) is 1. The van der Waals surface area contributed by atoms with Crippen LogP contribution < -0.4 is 10.5 Å². The van der Waals surface area contributed by atoms with Crippen molar-refractivity contribution in [2.45, 2.75) is 19.1 Å². The van der Waals surface area contributed by atoms with E-state index < -0.39 is 0 Å². The Labute approximate surface area is 121 Å². The van der Waals surface area contributed by atoms with Gasteiger partial charge in [-0.1, -0.05) is 15.9 Å². The van der Waals surface area contributed by atoms with E-state index >= 15 is 0 Å². The molecule has 1 aliphatic rings. The summed E-state index contributed by atoms with van der Waals surface area (Å²) in [6.07, 6.45) is 1.59. The van der Waals surface area contributed by atoms with Crippen molar-refractivity contribution in [3.05, 3.63) is 20.3 Å². The van der Waals surface area contributed by atoms with Crippen LogP contribution in [-0.2, 0) is 4.74 Å². The maximum absolute atomic E-state index is 11.6. The molecule has 1 aliphatic heterocycles. The minimum absolute atomic E-state index is 0.0929. The van der Waals surface area contributed by atoms with Crippen molar-refractivity contribution in [1.82, 2.24) is 9.97 Å². The van der Waals surface area contributed by atoms with E-state index in [1.54, 1.807) is 0 Å². The van der Waals surface area contributed by atoms with Crippen LogP contribution in [0, 0.1) is 3.57 Å². The van der Waals surface area contributed by atoms with Crippen LogP contribution in [0.15, 0.2) is 11.1 Å². The van der Waals surface area contributed by atoms with Crippen LogP contribution in [-0.4, -0.2) is 40.6 Å². The number of aromatic nitrogens is 2. The van der Waals surface area contributed by atoms with E-state index in [1.165, 1.54) is 6.33 Å². The van der Waals surface area contributed by atoms with E-state index in [2.05, 4.69) is 37.7 Å². The number of nitrogens with zero attached hydrogens (tertiary/aromatic N) is 2. The summed E-state index contributed by atoms with van der Waals surface area (Å²) in [5, 5.41) is 0.788. The largest absolute Gasteiger partial charge is 0.373 e. The lowest BCUT2D eigenvalue weighted by Crippen LogP contribution is -2.50. The molecule has 7 heteroatoms. The zero-order valence-corrected chi connectivity index (χ0v) is 13.1. The number of anilines is 1. The Hall–Kier alpha value is -0.150. The van der Waals surface area contributed by atoms with Gasteiger partial charge in [0.2, 0.25) is 0 Å². The van der Waals surface area contributed by atoms with Gasteiger partial charge < -0.3 is 14.6 Å². The molecule has 2 rings (SSSR count). The van der Waals surface area contributed by atoms with Crippen LogP contribution in [0.3, 0.4) is 0 Å². The van der Waals surface area contributed by atoms with Crippen molar-refractivity contribution in [3.8, 4) is 0 Å². The molecule has 1 aromatic heterocycles. The van der Waals surface area contributed by atoms with Gasteiger partial charge in [0.05, 0.1) is 25.1 Å². The maximum atomic E-state index is 11.6. The van der Waals surface area contributed by atoms with E-state index in [-0.39, 0.29) is 17.7 Å². The zero-order chi connectivity index (χ0) is 12.4. The van der Waals surface area contributed by atoms with Gasteiger partial charge in [0.1, 0.15) is 9.39 Å². The third kappa shape index (κ3) is 2.82. The van der Waals surface area contributed by atoms with E-state index in [4.69, 9.17) is 4.74 Å². The van der Waals surface area contributed by atoms with Crippen LogP contribution in [0.5, 0.6) is 0 Å². The molecule has 17 heavy (non-hydrogen) atoms. The number of alkyl halides is 1. The number of halogens is 2. The van der Waals surface area contributed by atoms with Gasteiger partial charge in [0.25, 0.3) is 5.56 Å². The number of rotatable bonds is 2. The average Bonchev–Trinajstić information content (AvgIpc) is 2.34. The second-order valence-electron chi connectivity index (χ2n) is 3.98. The lowest BCUT2D eigenvalue weighted by atomic mass is 10.2. The highest BCUT2D eigenvalue weighted by molar-refractivity contribution is 14.1. The summed E-state index contributed by atoms with van der Waals surface area (Å²) in [5.41, 5.74) is -0.0929. The standard InChI is InChI=1S/C10H13BrIN3O2/c1-6-4-17-7(2-11)3-15(6)9-8(12)10(16)14-5-13-9/h5-7H,2-4H2,1H3,(H,13,14,16). The van der Waals surface area contributed by atoms with E-state index in [1.807, 2.05) is 22.6 Å². The molecular formula is C10H13BrIN3O2. The van der Waals surface area contributed by atoms with E-state index in [0.717, 1.165) is 17.7 Å². The van der Waals surface area contributed by atoms with Crippen molar-refractivity contribution in [2.24, 2.45) is 0 Å². The lowest BCUT2D eigenvalue weighted by Gasteiger charge is -2.38. The maximum Gasteiger partial charge on any atom is 0.266 e. The fourth-order valence-corrected chi connectivity index (χ4v) is 2.78. The van der Waals surface area contributed by atoms with Crippen molar-refractivity contribution in [1.29, 1.82) is 0 Å². The molecule has 2 heterocycles. The van der Waals surface area contributed by atoms with Crippen molar-refractivity contribution in [3.63, 3.8) is 0 Å². The van der Waals surface area contributed by atoms with Gasteiger partial charge >= 0.3 is 0 Å². The van der Waals surface area contributed by atoms with E-state index in [9.17, 15) is 4.79 Å². The molecule has 0 radical (unpaired) electrons. The number of morpholine rings is 1. The summed E-state index contributed by atoms with van der Waals surface area (Å²) in [7, 11) is 0. The van der Waals surface area contributed by atoms with Crippen LogP contribution in [0.25, 0.3) is 0 Å². The molecule has 0 aromatic carbocycles. The summed E-state index contributed by atoms with van der Waals surface area (Å²) in [5.74, 6) is 0.746. The van der Waals surface area contributed by atoms with Gasteiger partial charge in [-0.3, -0.25) is 4.79 Å². The smallest absolute Gasteiger partial charge is 0.266 e. The SMILES string of the molecule is CC1COC(CBr)CN1c1nc[nH]c(=O)c1I. The fraction of sp³-hybridized carbons (Fsp3) is 0.600. The minimum atomic E-state index is -0.0929. The molecule has 0 saturated carbocycles. The summed E-state index contributed by atoms with van der Waals surface area (Å²) in [4.78, 5) is 20.6. The Kier molecular flexibility index (Phi) is 4.42. The topological polar surface area (TPSA) is 58.2 Å². The molecule has 2 atom stereocenters. The summed E-state index contributed by atoms with van der Waals surface area (Å²) < 4.78 is 6.29. The molecule has 1 N–H and O–H groups in total. The Morgan fingerprint density at radius 2 is 2.53 bits per heavy atom. The van der Waals surface area contributed by atoms with E-state index in [0.29, 0.717) is 10.2 Å². The summed E-state index contributed by atoms with van der Waals surface area (Å²) in [6, 6.07) is 0.230. The highest BCUT2D eigenvalue weighted by atomic mass is 127. The summed E-state index contributed by atoms with van der Waals surface area (Å²) >= 11 is 5.46. The van der Waals surface area contributed by atoms with Gasteiger partial charge in [-0.05, 0) is 29.5 Å². The third-order valence-corrected chi connectivity index (χ3v) is 4.42. The van der Waals surface area contributed by atoms with Crippen molar-refractivity contribution in [2.75, 3.05) is 23.4 Å². The van der Waals surface area contributed by atoms with Crippen molar-refractivity contribution >= 4 is 44.3 Å². The average molecular weight is 414 g/mol. The molecule has 1 saturated heterocycles. The molecule has 94 valence electrons. The molecular weight excluding hydrogens is 401 g/mol. The molecule has 1 fully saturated rings. The van der Waals surface area contributed by atoms with Gasteiger partial charge in [0, 0.05) is 11.9 Å². The quantitative estimate of drug-likeness (QED) is 0.587.